The second-order valence-corrected chi connectivity index (χ2v) is 14.4. The van der Waals surface area contributed by atoms with Gasteiger partial charge in [0.25, 0.3) is 0 Å². The van der Waals surface area contributed by atoms with Gasteiger partial charge in [-0.2, -0.15) is 0 Å². The predicted molar refractivity (Wildman–Crippen MR) is 211 cm³/mol. The fraction of sp³-hybridized carbons (Fsp3) is 0.190. The third-order valence-electron chi connectivity index (χ3n) is 9.06. The van der Waals surface area contributed by atoms with Gasteiger partial charge in [-0.3, -0.25) is 4.79 Å². The molecule has 264 valence electrons. The van der Waals surface area contributed by atoms with Crippen LogP contribution in [0.4, 0.5) is 0 Å². The van der Waals surface area contributed by atoms with Crippen LogP contribution in [-0.4, -0.2) is 21.9 Å². The first-order chi connectivity index (χ1) is 25.2. The van der Waals surface area contributed by atoms with Crippen molar-refractivity contribution in [2.45, 2.75) is 45.1 Å². The number of Topliss-reactive ketones (excluding diaryl/α,β-unsaturated/α-hetero) is 1. The molecule has 2 heterocycles. The van der Waals surface area contributed by atoms with Gasteiger partial charge in [0.15, 0.2) is 5.78 Å². The summed E-state index contributed by atoms with van der Waals surface area (Å²) in [5.41, 5.74) is 5.86. The highest BCUT2D eigenvalue weighted by Gasteiger charge is 2.24. The van der Waals surface area contributed by atoms with E-state index in [2.05, 4.69) is 41.2 Å². The first-order valence-electron chi connectivity index (χ1n) is 17.2. The minimum atomic E-state index is -0.122. The molecule has 1 aliphatic rings. The van der Waals surface area contributed by atoms with Crippen molar-refractivity contribution >= 4 is 52.2 Å². The average molecular weight is 772 g/mol. The highest BCUT2D eigenvalue weighted by Crippen LogP contribution is 2.35. The molecular formula is C42H35Cl4N3O3. The van der Waals surface area contributed by atoms with Crippen LogP contribution in [0.5, 0.6) is 23.0 Å². The van der Waals surface area contributed by atoms with Gasteiger partial charge in [-0.25, -0.2) is 4.98 Å². The number of rotatable bonds is 12. The van der Waals surface area contributed by atoms with Crippen molar-refractivity contribution in [1.29, 1.82) is 0 Å². The maximum absolute atomic E-state index is 13.6. The van der Waals surface area contributed by atoms with Gasteiger partial charge in [-0.15, -0.1) is 0 Å². The van der Waals surface area contributed by atoms with Gasteiger partial charge in [0.05, 0.1) is 15.7 Å². The predicted octanol–water partition coefficient (Wildman–Crippen LogP) is 12.5. The van der Waals surface area contributed by atoms with Crippen LogP contribution in [0.2, 0.25) is 20.1 Å². The minimum absolute atomic E-state index is 0.0474. The first kappa shape index (κ1) is 36.1. The molecule has 6 aromatic rings. The maximum atomic E-state index is 13.6. The lowest BCUT2D eigenvalue weighted by molar-refractivity contribution is 0.0967. The Balaban J connectivity index is 1.09. The van der Waals surface area contributed by atoms with Crippen LogP contribution in [0.25, 0.3) is 16.9 Å². The number of ether oxygens (including phenoxy) is 2. The van der Waals surface area contributed by atoms with Crippen LogP contribution in [0.3, 0.4) is 0 Å². The number of halogens is 4. The molecule has 0 aliphatic carbocycles. The van der Waals surface area contributed by atoms with Crippen molar-refractivity contribution in [2.24, 2.45) is 0 Å². The van der Waals surface area contributed by atoms with Gasteiger partial charge in [-0.05, 0) is 128 Å². The summed E-state index contributed by atoms with van der Waals surface area (Å²) in [4.78, 5) is 18.7. The van der Waals surface area contributed by atoms with Crippen molar-refractivity contribution in [2.75, 3.05) is 6.54 Å². The summed E-state index contributed by atoms with van der Waals surface area (Å²) in [6.07, 6.45) is 6.23. The van der Waals surface area contributed by atoms with Gasteiger partial charge >= 0.3 is 0 Å². The molecule has 52 heavy (non-hydrogen) atoms. The monoisotopic (exact) mass is 769 g/mol. The summed E-state index contributed by atoms with van der Waals surface area (Å²) in [7, 11) is 0. The van der Waals surface area contributed by atoms with Gasteiger partial charge < -0.3 is 19.4 Å². The van der Waals surface area contributed by atoms with Gasteiger partial charge in [-0.1, -0.05) is 65.8 Å². The maximum Gasteiger partial charge on any atom is 0.164 e. The molecule has 1 unspecified atom stereocenters. The van der Waals surface area contributed by atoms with Crippen LogP contribution in [0.1, 0.15) is 59.5 Å². The number of aryl methyl sites for hydroxylation is 1. The molecule has 6 nitrogen and oxygen atoms in total. The Morgan fingerprint density at radius 1 is 0.808 bits per heavy atom. The number of nitrogens with one attached hydrogen (secondary N) is 1. The number of aromatic nitrogens is 2. The van der Waals surface area contributed by atoms with E-state index < -0.39 is 0 Å². The van der Waals surface area contributed by atoms with Crippen LogP contribution in [0.15, 0.2) is 109 Å². The van der Waals surface area contributed by atoms with Crippen molar-refractivity contribution < 1.29 is 14.3 Å². The zero-order valence-corrected chi connectivity index (χ0v) is 31.4. The smallest absolute Gasteiger partial charge is 0.164 e. The average Bonchev–Trinajstić information content (AvgIpc) is 3.58. The molecule has 0 amide bonds. The summed E-state index contributed by atoms with van der Waals surface area (Å²) in [6, 6.07) is 31.6. The number of ketones is 1. The number of hydrogen-bond donors (Lipinski definition) is 1. The van der Waals surface area contributed by atoms with Crippen LogP contribution < -0.4 is 14.8 Å². The molecule has 0 radical (unpaired) electrons. The summed E-state index contributed by atoms with van der Waals surface area (Å²) in [5, 5.41) is 5.54. The summed E-state index contributed by atoms with van der Waals surface area (Å²) in [5.74, 6) is 3.31. The molecule has 5 aromatic carbocycles. The Morgan fingerprint density at radius 2 is 1.44 bits per heavy atom. The number of imidazole rings is 1. The van der Waals surface area contributed by atoms with Gasteiger partial charge in [0.1, 0.15) is 28.8 Å². The number of hydrogen-bond acceptors (Lipinski definition) is 5. The Morgan fingerprint density at radius 3 is 2.06 bits per heavy atom. The zero-order chi connectivity index (χ0) is 36.2. The molecule has 1 aromatic heterocycles. The topological polar surface area (TPSA) is 65.4 Å². The number of nitrogens with zero attached hydrogens (tertiary/aromatic N) is 2. The fourth-order valence-corrected chi connectivity index (χ4v) is 7.22. The quantitative estimate of drug-likeness (QED) is 0.126. The number of carbonyl (C=O) groups excluding carboxylic acids is 1. The lowest BCUT2D eigenvalue weighted by Gasteiger charge is -2.27. The van der Waals surface area contributed by atoms with Crippen LogP contribution >= 0.6 is 46.4 Å². The number of benzene rings is 5. The Hall–Kier alpha value is -4.30. The van der Waals surface area contributed by atoms with E-state index in [-0.39, 0.29) is 11.8 Å². The Labute approximate surface area is 323 Å². The summed E-state index contributed by atoms with van der Waals surface area (Å²) >= 11 is 24.6. The molecule has 1 aliphatic heterocycles. The number of fused-ring (bicyclic) bond motifs is 1. The van der Waals surface area contributed by atoms with E-state index in [4.69, 9.17) is 60.9 Å². The molecule has 0 saturated heterocycles. The summed E-state index contributed by atoms with van der Waals surface area (Å²) < 4.78 is 14.1. The van der Waals surface area contributed by atoms with Crippen LogP contribution in [0, 0.1) is 0 Å². The Kier molecular flexibility index (Phi) is 11.2. The highest BCUT2D eigenvalue weighted by molar-refractivity contribution is 6.36. The van der Waals surface area contributed by atoms with E-state index in [9.17, 15) is 4.79 Å². The van der Waals surface area contributed by atoms with E-state index in [1.165, 1.54) is 5.56 Å². The second kappa shape index (κ2) is 16.2. The van der Waals surface area contributed by atoms with Crippen molar-refractivity contribution in [3.8, 4) is 39.9 Å². The molecular weight excluding hydrogens is 736 g/mol. The third kappa shape index (κ3) is 8.33. The van der Waals surface area contributed by atoms with E-state index in [0.29, 0.717) is 55.1 Å². The molecule has 10 heteroatoms. The molecule has 1 atom stereocenters. The van der Waals surface area contributed by atoms with E-state index in [0.717, 1.165) is 60.6 Å². The fourth-order valence-electron chi connectivity index (χ4n) is 6.33. The number of carbonyl (C=O) groups is 1. The van der Waals surface area contributed by atoms with Crippen molar-refractivity contribution in [1.82, 2.24) is 14.9 Å². The zero-order valence-electron chi connectivity index (χ0n) is 28.3. The van der Waals surface area contributed by atoms with Gasteiger partial charge in [0.2, 0.25) is 0 Å². The SMILES string of the molecule is CCCCc1nc(-c2ccc(Oc3ccc(Cl)cc3Cl)cc2)cn1-c1ccc2c(c1)C(CC(=O)c1ccc(Oc3ccc(Cl)cc3Cl)cc1)NCC2. The molecule has 1 N–H and O–H groups in total. The highest BCUT2D eigenvalue weighted by atomic mass is 35.5. The number of unbranched alkanes of at least 4 members (excludes halogenated alkanes) is 1. The molecule has 0 saturated carbocycles. The summed E-state index contributed by atoms with van der Waals surface area (Å²) in [6.45, 7) is 2.99. The van der Waals surface area contributed by atoms with E-state index in [1.807, 2.05) is 24.3 Å². The van der Waals surface area contributed by atoms with Crippen molar-refractivity contribution in [3.63, 3.8) is 0 Å². The van der Waals surface area contributed by atoms with E-state index >= 15 is 0 Å². The standard InChI is InChI=1S/C42H35Cl4N3O3/c1-2-3-4-42-48-38(27-6-13-32(14-7-27)51-40-17-10-29(43)21-35(40)45)25-49(42)31-12-5-26-19-20-47-37(34(26)23-31)24-39(50)28-8-15-33(16-9-28)52-41-18-11-30(44)22-36(41)46/h5-18,21-23,25,37,47H,2-4,19-20,24H2,1H3. The third-order valence-corrected chi connectivity index (χ3v) is 10.1. The Bertz CT molecular complexity index is 2220. The largest absolute Gasteiger partial charge is 0.456 e. The van der Waals surface area contributed by atoms with Crippen molar-refractivity contribution in [3.05, 3.63) is 152 Å². The van der Waals surface area contributed by atoms with E-state index in [1.54, 1.807) is 60.7 Å². The molecule has 7 rings (SSSR count). The molecule has 0 bridgehead atoms. The lowest BCUT2D eigenvalue weighted by Crippen LogP contribution is -2.31. The minimum Gasteiger partial charge on any atom is -0.456 e. The molecule has 0 spiro atoms. The normalized spacial score (nSPS) is 13.8. The second-order valence-electron chi connectivity index (χ2n) is 12.7. The lowest BCUT2D eigenvalue weighted by atomic mass is 9.89. The van der Waals surface area contributed by atoms with Crippen LogP contribution in [-0.2, 0) is 12.8 Å². The molecule has 0 fully saturated rings. The van der Waals surface area contributed by atoms with Gasteiger partial charge in [0, 0.05) is 51.9 Å². The first-order valence-corrected chi connectivity index (χ1v) is 18.7.